The molecule has 2 heterocycles. The first-order valence-electron chi connectivity index (χ1n) is 13.5. The lowest BCUT2D eigenvalue weighted by Gasteiger charge is -2.40. The molecule has 1 unspecified atom stereocenters. The van der Waals surface area contributed by atoms with Crippen LogP contribution in [0.3, 0.4) is 0 Å². The molecule has 0 fully saturated rings. The second kappa shape index (κ2) is 10.8. The molecule has 0 spiro atoms. The van der Waals surface area contributed by atoms with Crippen LogP contribution in [0.5, 0.6) is 0 Å². The number of aryl methyl sites for hydroxylation is 1. The molecule has 0 saturated heterocycles. The zero-order valence-electron chi connectivity index (χ0n) is 23.7. The summed E-state index contributed by atoms with van der Waals surface area (Å²) >= 11 is 0. The van der Waals surface area contributed by atoms with Crippen molar-refractivity contribution in [1.29, 1.82) is 0 Å². The van der Waals surface area contributed by atoms with E-state index in [2.05, 4.69) is 63.6 Å². The molecule has 3 aromatic rings. The molecule has 0 aliphatic carbocycles. The quantitative estimate of drug-likeness (QED) is 0.344. The maximum absolute atomic E-state index is 15.5. The van der Waals surface area contributed by atoms with Crippen LogP contribution in [0.4, 0.5) is 0 Å². The van der Waals surface area contributed by atoms with Gasteiger partial charge in [-0.05, 0) is 41.1 Å². The average Bonchev–Trinajstić information content (AvgIpc) is 3.15. The zero-order valence-corrected chi connectivity index (χ0v) is 25.5. The Morgan fingerprint density at radius 2 is 1.66 bits per heavy atom. The van der Waals surface area contributed by atoms with E-state index in [-0.39, 0.29) is 29.6 Å². The van der Waals surface area contributed by atoms with Gasteiger partial charge in [-0.15, -0.1) is 0 Å². The van der Waals surface area contributed by atoms with Crippen LogP contribution in [-0.2, 0) is 28.1 Å². The van der Waals surface area contributed by atoms with Gasteiger partial charge in [0.05, 0.1) is 11.5 Å². The van der Waals surface area contributed by atoms with E-state index in [9.17, 15) is 4.79 Å². The van der Waals surface area contributed by atoms with Crippen LogP contribution >= 0.6 is 0 Å². The fourth-order valence-electron chi connectivity index (χ4n) is 5.59. The third-order valence-corrected chi connectivity index (χ3v) is 15.8. The molecule has 1 aliphatic rings. The Bertz CT molecular complexity index is 1360. The van der Waals surface area contributed by atoms with Gasteiger partial charge >= 0.3 is 5.97 Å². The maximum Gasteiger partial charge on any atom is 0.355 e. The monoisotopic (exact) mass is 551 g/mol. The minimum atomic E-state index is -3.16. The van der Waals surface area contributed by atoms with Gasteiger partial charge in [-0.1, -0.05) is 95.3 Å². The molecule has 1 N–H and O–H groups in total. The number of fused-ring (bicyclic) bond motifs is 1. The van der Waals surface area contributed by atoms with E-state index in [1.54, 1.807) is 11.5 Å². The van der Waals surface area contributed by atoms with Crippen molar-refractivity contribution in [1.82, 2.24) is 9.29 Å². The minimum Gasteiger partial charge on any atom is -0.461 e. The highest BCUT2D eigenvalue weighted by molar-refractivity contribution is 7.92. The molecular weight excluding hydrogens is 511 g/mol. The molecule has 8 heteroatoms. The van der Waals surface area contributed by atoms with Crippen molar-refractivity contribution in [3.05, 3.63) is 78.1 Å². The van der Waals surface area contributed by atoms with Crippen molar-refractivity contribution in [3.8, 4) is 0 Å². The van der Waals surface area contributed by atoms with Crippen molar-refractivity contribution < 1.29 is 13.7 Å². The molecule has 0 radical (unpaired) electrons. The van der Waals surface area contributed by atoms with E-state index in [0.29, 0.717) is 17.0 Å². The molecule has 38 heavy (non-hydrogen) atoms. The molecule has 1 aromatic heterocycles. The van der Waals surface area contributed by atoms with Crippen LogP contribution in [0.2, 0.25) is 5.04 Å². The highest BCUT2D eigenvalue weighted by Gasteiger charge is 2.51. The number of carbonyl (C=O) groups excluding carboxylic acids is 1. The number of hydrogen-bond acceptors (Lipinski definition) is 4. The van der Waals surface area contributed by atoms with Crippen LogP contribution < -0.4 is 15.1 Å². The summed E-state index contributed by atoms with van der Waals surface area (Å²) < 4.78 is 31.8. The second-order valence-electron chi connectivity index (χ2n) is 11.5. The molecule has 6 nitrogen and oxygen atoms in total. The van der Waals surface area contributed by atoms with E-state index in [1.807, 2.05) is 49.6 Å². The summed E-state index contributed by atoms with van der Waals surface area (Å²) in [6.45, 7) is 13.0. The fourth-order valence-corrected chi connectivity index (χ4v) is 14.9. The number of carbonyl (C=O) groups is 1. The van der Waals surface area contributed by atoms with Gasteiger partial charge in [0.2, 0.25) is 0 Å². The number of aromatic nitrogens is 1. The molecule has 0 amide bonds. The van der Waals surface area contributed by atoms with Crippen LogP contribution in [0.15, 0.2) is 75.8 Å². The third kappa shape index (κ3) is 5.01. The van der Waals surface area contributed by atoms with Crippen LogP contribution in [0.1, 0.15) is 64.0 Å². The molecule has 204 valence electrons. The van der Waals surface area contributed by atoms with E-state index >= 15 is 4.21 Å². The van der Waals surface area contributed by atoms with E-state index in [0.717, 1.165) is 22.4 Å². The van der Waals surface area contributed by atoms with Gasteiger partial charge in [-0.2, -0.15) is 0 Å². The largest absolute Gasteiger partial charge is 0.461 e. The van der Waals surface area contributed by atoms with Crippen molar-refractivity contribution in [2.45, 2.75) is 70.4 Å². The summed E-state index contributed by atoms with van der Waals surface area (Å²) in [5.74, 6) is -0.138. The number of nitrogens with one attached hydrogen (secondary N) is 1. The lowest BCUT2D eigenvalue weighted by molar-refractivity contribution is 0.0513. The molecule has 4 rings (SSSR count). The molecule has 2 atom stereocenters. The molecule has 0 saturated carbocycles. The number of benzene rings is 2. The van der Waals surface area contributed by atoms with Gasteiger partial charge < -0.3 is 9.30 Å². The highest BCUT2D eigenvalue weighted by atomic mass is 32.2. The zero-order chi connectivity index (χ0) is 27.7. The standard InChI is InChI=1S/C30H41N3O3SSi/c1-8-36-29(34)28-25-19-20-26(22(2)3)31-37(35,27(25)21-33(28)7)32-38(30(4,5)6,23-15-11-9-12-16-23)24-17-13-10-14-18-24/h9-18,21-22,26H,8,19-20H2,1-7H3,(H,31,32,35)/t26-,37?/m1/s1. The number of esters is 1. The Hall–Kier alpha value is -2.68. The summed E-state index contributed by atoms with van der Waals surface area (Å²) in [4.78, 5) is 13.7. The van der Waals surface area contributed by atoms with Crippen molar-refractivity contribution >= 4 is 34.5 Å². The van der Waals surface area contributed by atoms with Crippen LogP contribution in [-0.4, -0.2) is 35.6 Å². The van der Waals surface area contributed by atoms with Crippen molar-refractivity contribution in [2.24, 2.45) is 17.0 Å². The van der Waals surface area contributed by atoms with Crippen molar-refractivity contribution in [3.63, 3.8) is 0 Å². The predicted molar refractivity (Wildman–Crippen MR) is 158 cm³/mol. The van der Waals surface area contributed by atoms with E-state index in [4.69, 9.17) is 8.77 Å². The summed E-state index contributed by atoms with van der Waals surface area (Å²) in [6, 6.07) is 20.7. The number of rotatable bonds is 6. The number of nitrogens with zero attached hydrogens (tertiary/aromatic N) is 2. The number of ether oxygens (including phenoxy) is 1. The number of hydrogen-bond donors (Lipinski definition) is 1. The first-order chi connectivity index (χ1) is 17.9. The summed E-state index contributed by atoms with van der Waals surface area (Å²) in [7, 11) is -4.39. The van der Waals surface area contributed by atoms with Crippen molar-refractivity contribution in [2.75, 3.05) is 6.61 Å². The lowest BCUT2D eigenvalue weighted by Crippen LogP contribution is -2.64. The van der Waals surface area contributed by atoms with Crippen LogP contribution in [0.25, 0.3) is 0 Å². The third-order valence-electron chi connectivity index (χ3n) is 7.57. The molecular formula is C30H41N3O3SSi. The Kier molecular flexibility index (Phi) is 8.07. The van der Waals surface area contributed by atoms with Gasteiger partial charge in [0.15, 0.2) is 0 Å². The first kappa shape index (κ1) is 28.3. The van der Waals surface area contributed by atoms with Gasteiger partial charge in [0.1, 0.15) is 15.6 Å². The van der Waals surface area contributed by atoms with Gasteiger partial charge in [0, 0.05) is 24.8 Å². The maximum atomic E-state index is 15.5. The molecule has 1 aliphatic heterocycles. The Morgan fingerprint density at radius 3 is 2.13 bits per heavy atom. The topological polar surface area (TPSA) is 72.7 Å². The normalized spacial score (nSPS) is 20.1. The molecule has 0 bridgehead atoms. The second-order valence-corrected chi connectivity index (χ2v) is 18.0. The SMILES string of the molecule is CCOC(=O)c1c2c(cn1C)S(=O)(=N[Si](c1ccccc1)(c1ccccc1)C(C)(C)C)N[C@@H](C(C)C)CC2. The predicted octanol–water partition coefficient (Wildman–Crippen LogP) is 5.06. The summed E-state index contributed by atoms with van der Waals surface area (Å²) in [5.41, 5.74) is 1.26. The molecule has 2 aromatic carbocycles. The fraction of sp³-hybridized carbons (Fsp3) is 0.433. The van der Waals surface area contributed by atoms with Gasteiger partial charge in [-0.3, -0.25) is 0 Å². The van der Waals surface area contributed by atoms with E-state index < -0.39 is 18.2 Å². The Labute approximate surface area is 229 Å². The van der Waals surface area contributed by atoms with Gasteiger partial charge in [0.25, 0.3) is 8.24 Å². The Balaban J connectivity index is 2.13. The highest BCUT2D eigenvalue weighted by Crippen LogP contribution is 2.40. The Morgan fingerprint density at radius 1 is 1.11 bits per heavy atom. The smallest absolute Gasteiger partial charge is 0.355 e. The minimum absolute atomic E-state index is 0.0165. The van der Waals surface area contributed by atoms with Gasteiger partial charge in [-0.25, -0.2) is 17.8 Å². The summed E-state index contributed by atoms with van der Waals surface area (Å²) in [6.07, 6.45) is 3.22. The lowest BCUT2D eigenvalue weighted by atomic mass is 9.97. The van der Waals surface area contributed by atoms with E-state index in [1.165, 1.54) is 0 Å². The van der Waals surface area contributed by atoms with Crippen LogP contribution in [0, 0.1) is 5.92 Å². The first-order valence-corrected chi connectivity index (χ1v) is 16.9. The average molecular weight is 552 g/mol. The summed E-state index contributed by atoms with van der Waals surface area (Å²) in [5, 5.41) is 1.91.